The second kappa shape index (κ2) is 5.19. The number of aryl methyl sites for hydroxylation is 1. The van der Waals surface area contributed by atoms with Crippen LogP contribution < -0.4 is 5.32 Å². The summed E-state index contributed by atoms with van der Waals surface area (Å²) in [5.41, 5.74) is 1.90. The Hall–Kier alpha value is -0.000000000000000111. The summed E-state index contributed by atoms with van der Waals surface area (Å²) in [5.74, 6) is 0. The number of nitrogens with one attached hydrogen (secondary N) is 1. The number of benzene rings is 1. The molecular weight excluding hydrogens is 330 g/mol. The molecule has 0 aromatic heterocycles. The fourth-order valence-corrected chi connectivity index (χ4v) is 2.79. The van der Waals surface area contributed by atoms with Crippen LogP contribution in [0.5, 0.6) is 0 Å². The van der Waals surface area contributed by atoms with Gasteiger partial charge in [0.25, 0.3) is 5.24 Å². The van der Waals surface area contributed by atoms with Gasteiger partial charge in [0.2, 0.25) is 0 Å². The lowest BCUT2D eigenvalue weighted by Crippen LogP contribution is -2.05. The molecule has 1 aromatic rings. The Morgan fingerprint density at radius 2 is 1.86 bits per heavy atom. The van der Waals surface area contributed by atoms with E-state index >= 15 is 0 Å². The van der Waals surface area contributed by atoms with Gasteiger partial charge in [-0.05, 0) is 62.7 Å². The molecule has 0 aliphatic carbocycles. The van der Waals surface area contributed by atoms with Gasteiger partial charge in [0.1, 0.15) is 0 Å². The molecule has 1 aromatic carbocycles. The molecule has 0 atom stereocenters. The minimum atomic E-state index is -0.0738. The predicted octanol–water partition coefficient (Wildman–Crippen LogP) is 4.41. The molecule has 76 valence electrons. The molecular formula is C9H9Br2NOS. The van der Waals surface area contributed by atoms with E-state index < -0.39 is 0 Å². The first-order chi connectivity index (χ1) is 6.54. The molecule has 1 rings (SSSR count). The van der Waals surface area contributed by atoms with Gasteiger partial charge >= 0.3 is 0 Å². The summed E-state index contributed by atoms with van der Waals surface area (Å²) >= 11 is 7.95. The van der Waals surface area contributed by atoms with E-state index in [1.54, 1.807) is 6.26 Å². The standard InChI is InChI=1S/C9H9Br2NOS/c1-5-3-6(10)8(7(11)4-5)12-9(13)14-2/h3-4H,1-2H3,(H,12,13). The van der Waals surface area contributed by atoms with Crippen LogP contribution in [0.1, 0.15) is 5.56 Å². The molecule has 0 saturated carbocycles. The first-order valence-electron chi connectivity index (χ1n) is 3.85. The van der Waals surface area contributed by atoms with Crippen LogP contribution in [0.2, 0.25) is 0 Å². The molecule has 0 heterocycles. The van der Waals surface area contributed by atoms with Crippen molar-refractivity contribution >= 4 is 54.5 Å². The Morgan fingerprint density at radius 1 is 1.36 bits per heavy atom. The van der Waals surface area contributed by atoms with Crippen molar-refractivity contribution in [2.75, 3.05) is 11.6 Å². The van der Waals surface area contributed by atoms with Gasteiger partial charge in [-0.3, -0.25) is 4.79 Å². The van der Waals surface area contributed by atoms with E-state index in [4.69, 9.17) is 0 Å². The molecule has 0 unspecified atom stereocenters. The number of amides is 1. The lowest BCUT2D eigenvalue weighted by atomic mass is 10.2. The molecule has 0 aliphatic heterocycles. The summed E-state index contributed by atoms with van der Waals surface area (Å²) < 4.78 is 1.76. The van der Waals surface area contributed by atoms with Crippen LogP contribution in [0.25, 0.3) is 0 Å². The van der Waals surface area contributed by atoms with E-state index in [-0.39, 0.29) is 5.24 Å². The molecule has 0 bridgehead atoms. The molecule has 0 spiro atoms. The van der Waals surface area contributed by atoms with Crippen molar-refractivity contribution in [3.63, 3.8) is 0 Å². The molecule has 0 radical (unpaired) electrons. The van der Waals surface area contributed by atoms with Crippen molar-refractivity contribution in [2.24, 2.45) is 0 Å². The zero-order valence-corrected chi connectivity index (χ0v) is 11.7. The van der Waals surface area contributed by atoms with Gasteiger partial charge in [0.15, 0.2) is 0 Å². The largest absolute Gasteiger partial charge is 0.315 e. The van der Waals surface area contributed by atoms with E-state index in [2.05, 4.69) is 37.2 Å². The molecule has 0 fully saturated rings. The third-order valence-corrected chi connectivity index (χ3v) is 3.32. The zero-order valence-electron chi connectivity index (χ0n) is 7.73. The van der Waals surface area contributed by atoms with E-state index in [1.807, 2.05) is 19.1 Å². The first-order valence-corrected chi connectivity index (χ1v) is 6.66. The Morgan fingerprint density at radius 3 is 2.29 bits per heavy atom. The van der Waals surface area contributed by atoms with E-state index in [1.165, 1.54) is 0 Å². The maximum Gasteiger partial charge on any atom is 0.283 e. The highest BCUT2D eigenvalue weighted by atomic mass is 79.9. The average Bonchev–Trinajstić information content (AvgIpc) is 2.10. The Balaban J connectivity index is 3.02. The van der Waals surface area contributed by atoms with Crippen LogP contribution in [0.15, 0.2) is 21.1 Å². The van der Waals surface area contributed by atoms with Crippen molar-refractivity contribution in [1.82, 2.24) is 0 Å². The number of halogens is 2. The fourth-order valence-electron chi connectivity index (χ4n) is 0.972. The van der Waals surface area contributed by atoms with Gasteiger partial charge in [0, 0.05) is 8.95 Å². The van der Waals surface area contributed by atoms with Crippen LogP contribution in [0.4, 0.5) is 10.5 Å². The minimum absolute atomic E-state index is 0.0738. The van der Waals surface area contributed by atoms with Crippen LogP contribution in [0.3, 0.4) is 0 Å². The van der Waals surface area contributed by atoms with Gasteiger partial charge in [-0.25, -0.2) is 0 Å². The molecule has 1 amide bonds. The van der Waals surface area contributed by atoms with Crippen molar-refractivity contribution in [3.8, 4) is 0 Å². The number of thioether (sulfide) groups is 1. The third-order valence-electron chi connectivity index (χ3n) is 1.60. The highest BCUT2D eigenvalue weighted by molar-refractivity contribution is 9.11. The maximum atomic E-state index is 11.2. The molecule has 14 heavy (non-hydrogen) atoms. The minimum Gasteiger partial charge on any atom is -0.315 e. The maximum absolute atomic E-state index is 11.2. The number of hydrogen-bond donors (Lipinski definition) is 1. The summed E-state index contributed by atoms with van der Waals surface area (Å²) in [7, 11) is 0. The van der Waals surface area contributed by atoms with Crippen molar-refractivity contribution < 1.29 is 4.79 Å². The molecule has 1 N–H and O–H groups in total. The van der Waals surface area contributed by atoms with Crippen molar-refractivity contribution in [2.45, 2.75) is 6.92 Å². The van der Waals surface area contributed by atoms with E-state index in [0.717, 1.165) is 32.0 Å². The molecule has 5 heteroatoms. The number of hydrogen-bond acceptors (Lipinski definition) is 2. The Kier molecular flexibility index (Phi) is 4.47. The van der Waals surface area contributed by atoms with Crippen LogP contribution >= 0.6 is 43.6 Å². The quantitative estimate of drug-likeness (QED) is 0.821. The molecule has 0 saturated heterocycles. The monoisotopic (exact) mass is 337 g/mol. The third kappa shape index (κ3) is 3.00. The van der Waals surface area contributed by atoms with Gasteiger partial charge in [-0.15, -0.1) is 0 Å². The van der Waals surface area contributed by atoms with Crippen molar-refractivity contribution in [3.05, 3.63) is 26.6 Å². The molecule has 2 nitrogen and oxygen atoms in total. The smallest absolute Gasteiger partial charge is 0.283 e. The van der Waals surface area contributed by atoms with E-state index in [9.17, 15) is 4.79 Å². The summed E-state index contributed by atoms with van der Waals surface area (Å²) in [4.78, 5) is 11.2. The topological polar surface area (TPSA) is 29.1 Å². The number of anilines is 1. The summed E-state index contributed by atoms with van der Waals surface area (Å²) in [5, 5.41) is 2.71. The number of carbonyl (C=O) groups excluding carboxylic acids is 1. The second-order valence-electron chi connectivity index (χ2n) is 2.72. The van der Waals surface area contributed by atoms with Gasteiger partial charge < -0.3 is 5.32 Å². The van der Waals surface area contributed by atoms with Crippen molar-refractivity contribution in [1.29, 1.82) is 0 Å². The van der Waals surface area contributed by atoms with E-state index in [0.29, 0.717) is 0 Å². The predicted molar refractivity (Wildman–Crippen MR) is 69.1 cm³/mol. The second-order valence-corrected chi connectivity index (χ2v) is 5.21. The Bertz CT molecular complexity index is 345. The van der Waals surface area contributed by atoms with Crippen LogP contribution in [-0.2, 0) is 0 Å². The average molecular weight is 339 g/mol. The highest BCUT2D eigenvalue weighted by Gasteiger charge is 2.08. The lowest BCUT2D eigenvalue weighted by Gasteiger charge is -2.09. The fraction of sp³-hybridized carbons (Fsp3) is 0.222. The highest BCUT2D eigenvalue weighted by Crippen LogP contribution is 2.32. The van der Waals surface area contributed by atoms with Gasteiger partial charge in [-0.1, -0.05) is 11.8 Å². The normalized spacial score (nSPS) is 10.0. The van der Waals surface area contributed by atoms with Gasteiger partial charge in [0.05, 0.1) is 5.69 Å². The summed E-state index contributed by atoms with van der Waals surface area (Å²) in [6.07, 6.45) is 1.74. The zero-order chi connectivity index (χ0) is 10.7. The number of carbonyl (C=O) groups is 1. The SMILES string of the molecule is CSC(=O)Nc1c(Br)cc(C)cc1Br. The van der Waals surface area contributed by atoms with Crippen LogP contribution in [0, 0.1) is 6.92 Å². The van der Waals surface area contributed by atoms with Crippen LogP contribution in [-0.4, -0.2) is 11.5 Å². The number of rotatable bonds is 1. The Labute approximate surface area is 104 Å². The lowest BCUT2D eigenvalue weighted by molar-refractivity contribution is 0.270. The first kappa shape index (κ1) is 12.1. The van der Waals surface area contributed by atoms with Gasteiger partial charge in [-0.2, -0.15) is 0 Å². The molecule has 0 aliphatic rings. The summed E-state index contributed by atoms with van der Waals surface area (Å²) in [6, 6.07) is 3.92. The summed E-state index contributed by atoms with van der Waals surface area (Å²) in [6.45, 7) is 2.00.